The van der Waals surface area contributed by atoms with E-state index in [9.17, 15) is 19.2 Å². The molecule has 2 rings (SSSR count). The van der Waals surface area contributed by atoms with Gasteiger partial charge in [0.05, 0.1) is 30.7 Å². The van der Waals surface area contributed by atoms with Gasteiger partial charge in [-0.3, -0.25) is 19.2 Å². The van der Waals surface area contributed by atoms with Crippen LogP contribution in [-0.4, -0.2) is 47.7 Å². The van der Waals surface area contributed by atoms with E-state index in [1.54, 1.807) is 6.92 Å². The summed E-state index contributed by atoms with van der Waals surface area (Å²) in [5.41, 5.74) is -1.00. The fourth-order valence-corrected chi connectivity index (χ4v) is 6.01. The molecule has 0 heterocycles. The van der Waals surface area contributed by atoms with Crippen LogP contribution in [0.2, 0.25) is 0 Å². The largest absolute Gasteiger partial charge is 0.465 e. The van der Waals surface area contributed by atoms with Crippen molar-refractivity contribution in [3.8, 4) is 0 Å². The first-order chi connectivity index (χ1) is 18.3. The predicted molar refractivity (Wildman–Crippen MR) is 155 cm³/mol. The van der Waals surface area contributed by atoms with Crippen molar-refractivity contribution in [2.24, 2.45) is 23.7 Å². The van der Waals surface area contributed by atoms with Crippen molar-refractivity contribution in [2.45, 2.75) is 136 Å². The summed E-state index contributed by atoms with van der Waals surface area (Å²) in [5.74, 6) is -0.291. The van der Waals surface area contributed by atoms with Gasteiger partial charge in [-0.25, -0.2) is 0 Å². The third-order valence-corrected chi connectivity index (χ3v) is 9.08. The Hall–Kier alpha value is -1.33. The molecule has 0 aromatic rings. The number of hydrogen-bond acceptors (Lipinski definition) is 7. The Morgan fingerprint density at radius 3 is 1.67 bits per heavy atom. The number of Topliss-reactive ketones (excluding diaryl/α,β-unsaturated/α-hetero) is 1. The summed E-state index contributed by atoms with van der Waals surface area (Å²) < 4.78 is 17.6. The van der Waals surface area contributed by atoms with E-state index >= 15 is 0 Å². The van der Waals surface area contributed by atoms with Gasteiger partial charge in [0.1, 0.15) is 11.4 Å². The van der Waals surface area contributed by atoms with Crippen LogP contribution in [0, 0.1) is 23.7 Å². The van der Waals surface area contributed by atoms with Gasteiger partial charge in [-0.1, -0.05) is 34.9 Å². The molecule has 0 spiro atoms. The van der Waals surface area contributed by atoms with E-state index in [2.05, 4.69) is 9.24 Å². The molecule has 0 aromatic heterocycles. The molecule has 7 nitrogen and oxygen atoms in total. The first-order valence-electron chi connectivity index (χ1n) is 15.1. The molecule has 0 amide bonds. The summed E-state index contributed by atoms with van der Waals surface area (Å²) in [7, 11) is 2.29. The van der Waals surface area contributed by atoms with Crippen LogP contribution < -0.4 is 0 Å². The van der Waals surface area contributed by atoms with E-state index in [0.29, 0.717) is 32.3 Å². The van der Waals surface area contributed by atoms with Crippen molar-refractivity contribution in [2.75, 3.05) is 13.2 Å². The number of esters is 2. The van der Waals surface area contributed by atoms with E-state index in [4.69, 9.17) is 14.2 Å². The molecule has 8 heteroatoms. The van der Waals surface area contributed by atoms with Gasteiger partial charge in [-0.15, -0.1) is 0 Å². The minimum Gasteiger partial charge on any atom is -0.465 e. The number of ketones is 1. The molecule has 39 heavy (non-hydrogen) atoms. The van der Waals surface area contributed by atoms with E-state index < -0.39 is 11.2 Å². The molecule has 2 aliphatic carbocycles. The molecular formula is C31H53O7P. The maximum atomic E-state index is 12.9. The van der Waals surface area contributed by atoms with Gasteiger partial charge in [0.2, 0.25) is 0 Å². The average Bonchev–Trinajstić information content (AvgIpc) is 2.77. The van der Waals surface area contributed by atoms with Crippen LogP contribution >= 0.6 is 9.24 Å². The first-order valence-corrected chi connectivity index (χ1v) is 15.7. The van der Waals surface area contributed by atoms with Gasteiger partial charge in [0.15, 0.2) is 5.52 Å². The van der Waals surface area contributed by atoms with E-state index in [1.165, 1.54) is 0 Å². The van der Waals surface area contributed by atoms with Crippen LogP contribution in [0.15, 0.2) is 0 Å². The molecule has 2 aliphatic rings. The normalized spacial score (nSPS) is 25.4. The highest BCUT2D eigenvalue weighted by Crippen LogP contribution is 2.31. The number of carbonyl (C=O) groups excluding carboxylic acids is 4. The van der Waals surface area contributed by atoms with Crippen LogP contribution in [0.4, 0.5) is 0 Å². The van der Waals surface area contributed by atoms with Gasteiger partial charge >= 0.3 is 11.9 Å². The number of hydrogen-bond donors (Lipinski definition) is 0. The standard InChI is InChI=1S/C31H53O7P/c1-22(32)23-10-6-7-12-25(15-14-23)28(34)38-31(4,5)19-21-37-30(2,3)18-20-36-27(33)24-11-8-9-13-26(17-16-24)29(35)39/h23-26H,6-21,39H2,1-5H3. The Morgan fingerprint density at radius 1 is 0.641 bits per heavy atom. The highest BCUT2D eigenvalue weighted by Gasteiger charge is 2.31. The molecule has 0 saturated heterocycles. The predicted octanol–water partition coefficient (Wildman–Crippen LogP) is 6.59. The minimum absolute atomic E-state index is 0.0391. The van der Waals surface area contributed by atoms with Crippen LogP contribution in [0.3, 0.4) is 0 Å². The van der Waals surface area contributed by atoms with Crippen LogP contribution in [0.1, 0.15) is 125 Å². The maximum Gasteiger partial charge on any atom is 0.309 e. The smallest absolute Gasteiger partial charge is 0.309 e. The Kier molecular flexibility index (Phi) is 14.1. The second-order valence-electron chi connectivity index (χ2n) is 13.0. The molecule has 2 saturated carbocycles. The zero-order valence-electron chi connectivity index (χ0n) is 25.1. The average molecular weight is 569 g/mol. The summed E-state index contributed by atoms with van der Waals surface area (Å²) in [4.78, 5) is 49.2. The maximum absolute atomic E-state index is 12.9. The number of ether oxygens (including phenoxy) is 3. The SMILES string of the molecule is CC(=O)C1CCCCC(C(=O)OC(C)(C)CCOC(C)(C)CCOC(=O)C2CCCCC(C(=O)P)CC2)CC1. The minimum atomic E-state index is -0.656. The molecule has 0 aliphatic heterocycles. The quantitative estimate of drug-likeness (QED) is 0.194. The third kappa shape index (κ3) is 12.8. The summed E-state index contributed by atoms with van der Waals surface area (Å²) >= 11 is 0. The molecule has 0 radical (unpaired) electrons. The van der Waals surface area contributed by atoms with Crippen molar-refractivity contribution in [3.05, 3.63) is 0 Å². The fourth-order valence-electron chi connectivity index (χ4n) is 5.67. The summed E-state index contributed by atoms with van der Waals surface area (Å²) in [6, 6.07) is 0. The molecule has 5 atom stereocenters. The van der Waals surface area contributed by atoms with Crippen molar-refractivity contribution >= 4 is 32.5 Å². The van der Waals surface area contributed by atoms with Gasteiger partial charge in [-0.05, 0) is 86.0 Å². The molecule has 0 aromatic carbocycles. The molecular weight excluding hydrogens is 515 g/mol. The van der Waals surface area contributed by atoms with Crippen LogP contribution in [0.5, 0.6) is 0 Å². The molecule has 5 unspecified atom stereocenters. The van der Waals surface area contributed by atoms with Crippen molar-refractivity contribution in [1.82, 2.24) is 0 Å². The topological polar surface area (TPSA) is 96.0 Å². The first kappa shape index (κ1) is 33.9. The Balaban J connectivity index is 1.71. The summed E-state index contributed by atoms with van der Waals surface area (Å²) in [6.45, 7) is 10.1. The van der Waals surface area contributed by atoms with Crippen molar-refractivity contribution in [3.63, 3.8) is 0 Å². The van der Waals surface area contributed by atoms with E-state index in [0.717, 1.165) is 64.2 Å². The zero-order valence-corrected chi connectivity index (χ0v) is 26.2. The van der Waals surface area contributed by atoms with Crippen molar-refractivity contribution < 1.29 is 33.4 Å². The molecule has 2 fully saturated rings. The lowest BCUT2D eigenvalue weighted by molar-refractivity contribution is -0.165. The Labute approximate surface area is 238 Å². The van der Waals surface area contributed by atoms with E-state index in [-0.39, 0.29) is 53.5 Å². The van der Waals surface area contributed by atoms with Crippen molar-refractivity contribution in [1.29, 1.82) is 0 Å². The van der Waals surface area contributed by atoms with Gasteiger partial charge in [0.25, 0.3) is 0 Å². The fraction of sp³-hybridized carbons (Fsp3) is 0.871. The third-order valence-electron chi connectivity index (χ3n) is 8.60. The van der Waals surface area contributed by atoms with Gasteiger partial charge in [-0.2, -0.15) is 0 Å². The molecule has 224 valence electrons. The lowest BCUT2D eigenvalue weighted by atomic mass is 9.84. The number of carbonyl (C=O) groups is 4. The summed E-state index contributed by atoms with van der Waals surface area (Å²) in [5, 5.41) is 0. The Morgan fingerprint density at radius 2 is 1.10 bits per heavy atom. The van der Waals surface area contributed by atoms with Gasteiger partial charge in [0, 0.05) is 24.7 Å². The monoisotopic (exact) mass is 568 g/mol. The highest BCUT2D eigenvalue weighted by atomic mass is 31.0. The van der Waals surface area contributed by atoms with Crippen LogP contribution in [-0.2, 0) is 33.4 Å². The number of rotatable bonds is 12. The molecule has 0 N–H and O–H groups in total. The summed E-state index contributed by atoms with van der Waals surface area (Å²) in [6.07, 6.45) is 11.4. The van der Waals surface area contributed by atoms with Crippen LogP contribution in [0.25, 0.3) is 0 Å². The second kappa shape index (κ2) is 16.2. The van der Waals surface area contributed by atoms with Gasteiger partial charge < -0.3 is 14.2 Å². The lowest BCUT2D eigenvalue weighted by Gasteiger charge is -2.31. The zero-order chi connectivity index (χ0) is 29.1. The van der Waals surface area contributed by atoms with E-state index in [1.807, 2.05) is 27.7 Å². The lowest BCUT2D eigenvalue weighted by Crippen LogP contribution is -2.35. The highest BCUT2D eigenvalue weighted by molar-refractivity contribution is 7.40. The molecule has 0 bridgehead atoms. The Bertz CT molecular complexity index is 822. The second-order valence-corrected chi connectivity index (χ2v) is 13.5.